The Morgan fingerprint density at radius 2 is 2.14 bits per heavy atom. The zero-order chi connectivity index (χ0) is 10.3. The van der Waals surface area contributed by atoms with Gasteiger partial charge in [-0.3, -0.25) is 0 Å². The number of hydrogen-bond donors (Lipinski definition) is 1. The van der Waals surface area contributed by atoms with Crippen molar-refractivity contribution in [3.8, 4) is 0 Å². The molecule has 1 nitrogen and oxygen atoms in total. The highest BCUT2D eigenvalue weighted by atomic mass is 19.3. The fourth-order valence-corrected chi connectivity index (χ4v) is 1.84. The van der Waals surface area contributed by atoms with Gasteiger partial charge >= 0.3 is 0 Å². The molecule has 1 aliphatic carbocycles. The van der Waals surface area contributed by atoms with E-state index in [1.807, 2.05) is 0 Å². The monoisotopic (exact) mass is 193 g/mol. The second-order valence-electron chi connectivity index (χ2n) is 3.70. The van der Waals surface area contributed by atoms with Gasteiger partial charge in [0.1, 0.15) is 7.85 Å². The van der Waals surface area contributed by atoms with Crippen molar-refractivity contribution in [1.29, 1.82) is 0 Å². The van der Waals surface area contributed by atoms with Crippen molar-refractivity contribution >= 4 is 13.3 Å². The molecule has 2 rings (SSSR count). The quantitative estimate of drug-likeness (QED) is 0.618. The SMILES string of the molecule is [B]c1ccc2c(c1)C(F)(F)CCC2N. The van der Waals surface area contributed by atoms with Crippen LogP contribution in [-0.2, 0) is 5.92 Å². The van der Waals surface area contributed by atoms with Crippen molar-refractivity contribution in [3.63, 3.8) is 0 Å². The molecular formula is C10H10BF2N. The molecule has 0 aromatic heterocycles. The summed E-state index contributed by atoms with van der Waals surface area (Å²) in [6.07, 6.45) is 0.133. The Bertz CT molecular complexity index is 365. The lowest BCUT2D eigenvalue weighted by molar-refractivity contribution is -0.0249. The van der Waals surface area contributed by atoms with Crippen LogP contribution in [-0.4, -0.2) is 7.85 Å². The summed E-state index contributed by atoms with van der Waals surface area (Å²) in [5, 5.41) is 0. The van der Waals surface area contributed by atoms with Gasteiger partial charge in [0.2, 0.25) is 0 Å². The van der Waals surface area contributed by atoms with E-state index in [9.17, 15) is 8.78 Å². The minimum absolute atomic E-state index is 0.00347. The first-order chi connectivity index (χ1) is 6.50. The third-order valence-electron chi connectivity index (χ3n) is 2.64. The molecule has 14 heavy (non-hydrogen) atoms. The highest BCUT2D eigenvalue weighted by Crippen LogP contribution is 2.42. The van der Waals surface area contributed by atoms with Gasteiger partial charge < -0.3 is 5.73 Å². The van der Waals surface area contributed by atoms with Crippen LogP contribution in [0.1, 0.15) is 30.0 Å². The highest BCUT2D eigenvalue weighted by molar-refractivity contribution is 6.32. The van der Waals surface area contributed by atoms with Gasteiger partial charge in [-0.25, -0.2) is 8.78 Å². The van der Waals surface area contributed by atoms with Crippen LogP contribution < -0.4 is 11.2 Å². The van der Waals surface area contributed by atoms with Crippen LogP contribution in [0, 0.1) is 0 Å². The van der Waals surface area contributed by atoms with Crippen molar-refractivity contribution in [2.24, 2.45) is 5.73 Å². The second-order valence-corrected chi connectivity index (χ2v) is 3.70. The smallest absolute Gasteiger partial charge is 0.273 e. The topological polar surface area (TPSA) is 26.0 Å². The van der Waals surface area contributed by atoms with Crippen LogP contribution in [0.3, 0.4) is 0 Å². The Balaban J connectivity index is 2.58. The Morgan fingerprint density at radius 1 is 1.43 bits per heavy atom. The molecule has 2 N–H and O–H groups in total. The Hall–Kier alpha value is -0.895. The van der Waals surface area contributed by atoms with Crippen molar-refractivity contribution in [1.82, 2.24) is 0 Å². The van der Waals surface area contributed by atoms with Gasteiger partial charge in [-0.2, -0.15) is 0 Å². The van der Waals surface area contributed by atoms with Crippen molar-refractivity contribution in [3.05, 3.63) is 29.3 Å². The van der Waals surface area contributed by atoms with Crippen molar-refractivity contribution in [2.45, 2.75) is 24.8 Å². The average molecular weight is 193 g/mol. The first kappa shape index (κ1) is 9.65. The molecular weight excluding hydrogens is 183 g/mol. The van der Waals surface area contributed by atoms with Gasteiger partial charge in [0.05, 0.1) is 0 Å². The molecule has 72 valence electrons. The molecule has 1 atom stereocenters. The summed E-state index contributed by atoms with van der Waals surface area (Å²) in [7, 11) is 5.47. The molecule has 1 aromatic carbocycles. The van der Waals surface area contributed by atoms with Gasteiger partial charge in [-0.1, -0.05) is 23.7 Å². The summed E-state index contributed by atoms with van der Waals surface area (Å²) < 4.78 is 26.9. The third-order valence-corrected chi connectivity index (χ3v) is 2.64. The van der Waals surface area contributed by atoms with Crippen LogP contribution in [0.2, 0.25) is 0 Å². The molecule has 0 fully saturated rings. The lowest BCUT2D eigenvalue weighted by Crippen LogP contribution is -2.29. The number of alkyl halides is 2. The number of benzene rings is 1. The second kappa shape index (κ2) is 3.06. The van der Waals surface area contributed by atoms with Crippen LogP contribution in [0.4, 0.5) is 8.78 Å². The lowest BCUT2D eigenvalue weighted by atomic mass is 9.81. The predicted octanol–water partition coefficient (Wildman–Crippen LogP) is 1.37. The number of hydrogen-bond acceptors (Lipinski definition) is 1. The maximum atomic E-state index is 13.4. The Labute approximate surface area is 82.7 Å². The molecule has 0 aliphatic heterocycles. The fraction of sp³-hybridized carbons (Fsp3) is 0.400. The molecule has 0 spiro atoms. The van der Waals surface area contributed by atoms with Gasteiger partial charge in [0.15, 0.2) is 0 Å². The molecule has 0 amide bonds. The van der Waals surface area contributed by atoms with Gasteiger partial charge in [-0.15, -0.1) is 0 Å². The molecule has 1 aromatic rings. The van der Waals surface area contributed by atoms with Crippen molar-refractivity contribution < 1.29 is 8.78 Å². The number of nitrogens with two attached hydrogens (primary N) is 1. The molecule has 0 saturated heterocycles. The van der Waals surface area contributed by atoms with Crippen LogP contribution in [0.5, 0.6) is 0 Å². The van der Waals surface area contributed by atoms with E-state index in [0.29, 0.717) is 17.4 Å². The van der Waals surface area contributed by atoms with Crippen LogP contribution in [0.15, 0.2) is 18.2 Å². The summed E-state index contributed by atoms with van der Waals surface area (Å²) >= 11 is 0. The zero-order valence-electron chi connectivity index (χ0n) is 7.63. The minimum atomic E-state index is -2.78. The fourth-order valence-electron chi connectivity index (χ4n) is 1.84. The first-order valence-electron chi connectivity index (χ1n) is 4.54. The Morgan fingerprint density at radius 3 is 2.86 bits per heavy atom. The van der Waals surface area contributed by atoms with E-state index in [-0.39, 0.29) is 18.0 Å². The molecule has 0 heterocycles. The summed E-state index contributed by atoms with van der Waals surface area (Å²) in [5.41, 5.74) is 6.62. The molecule has 0 saturated carbocycles. The van der Waals surface area contributed by atoms with Gasteiger partial charge in [-0.05, 0) is 12.0 Å². The Kier molecular flexibility index (Phi) is 2.11. The highest BCUT2D eigenvalue weighted by Gasteiger charge is 2.39. The normalized spacial score (nSPS) is 24.4. The predicted molar refractivity (Wildman–Crippen MR) is 51.9 cm³/mol. The van der Waals surface area contributed by atoms with E-state index in [2.05, 4.69) is 0 Å². The number of halogens is 2. The van der Waals surface area contributed by atoms with Gasteiger partial charge in [0.25, 0.3) is 5.92 Å². The molecule has 2 radical (unpaired) electrons. The maximum Gasteiger partial charge on any atom is 0.273 e. The van der Waals surface area contributed by atoms with Crippen LogP contribution in [0.25, 0.3) is 0 Å². The van der Waals surface area contributed by atoms with E-state index in [1.54, 1.807) is 12.1 Å². The van der Waals surface area contributed by atoms with E-state index in [1.165, 1.54) is 6.07 Å². The molecule has 1 aliphatic rings. The summed E-state index contributed by atoms with van der Waals surface area (Å²) in [6.45, 7) is 0. The number of rotatable bonds is 0. The largest absolute Gasteiger partial charge is 0.324 e. The summed E-state index contributed by atoms with van der Waals surface area (Å²) in [6, 6.07) is 4.25. The van der Waals surface area contributed by atoms with E-state index >= 15 is 0 Å². The van der Waals surface area contributed by atoms with E-state index in [0.717, 1.165) is 0 Å². The third kappa shape index (κ3) is 1.44. The maximum absolute atomic E-state index is 13.4. The summed E-state index contributed by atoms with van der Waals surface area (Å²) in [4.78, 5) is 0. The zero-order valence-corrected chi connectivity index (χ0v) is 7.63. The summed E-state index contributed by atoms with van der Waals surface area (Å²) in [5.74, 6) is -2.78. The minimum Gasteiger partial charge on any atom is -0.324 e. The van der Waals surface area contributed by atoms with Crippen LogP contribution >= 0.6 is 0 Å². The lowest BCUT2D eigenvalue weighted by Gasteiger charge is -2.29. The molecule has 1 unspecified atom stereocenters. The molecule has 4 heteroatoms. The van der Waals surface area contributed by atoms with Gasteiger partial charge in [0, 0.05) is 18.0 Å². The van der Waals surface area contributed by atoms with Crippen molar-refractivity contribution in [2.75, 3.05) is 0 Å². The molecule has 0 bridgehead atoms. The van der Waals surface area contributed by atoms with E-state index < -0.39 is 5.92 Å². The standard InChI is InChI=1S/C10H10BF2N/c11-6-1-2-7-8(5-6)10(12,13)4-3-9(7)14/h1-2,5,9H,3-4,14H2. The average Bonchev–Trinajstić information content (AvgIpc) is 2.12. The first-order valence-corrected chi connectivity index (χ1v) is 4.54. The van der Waals surface area contributed by atoms with E-state index in [4.69, 9.17) is 13.6 Å². The number of fused-ring (bicyclic) bond motifs is 1.